The van der Waals surface area contributed by atoms with E-state index >= 15 is 0 Å². The highest BCUT2D eigenvalue weighted by Gasteiger charge is 2.10. The first kappa shape index (κ1) is 12.1. The van der Waals surface area contributed by atoms with Crippen LogP contribution >= 0.6 is 0 Å². The zero-order chi connectivity index (χ0) is 13.3. The van der Waals surface area contributed by atoms with Crippen LogP contribution in [0.1, 0.15) is 11.1 Å². The maximum absolute atomic E-state index is 10.8. The van der Waals surface area contributed by atoms with Crippen LogP contribution in [0.4, 0.5) is 5.69 Å². The van der Waals surface area contributed by atoms with E-state index in [1.54, 1.807) is 0 Å². The number of nitrogens with zero attached hydrogens (tertiary/aromatic N) is 1. The average molecular weight is 243 g/mol. The Labute approximate surface area is 105 Å². The van der Waals surface area contributed by atoms with E-state index in [2.05, 4.69) is 0 Å². The highest BCUT2D eigenvalue weighted by molar-refractivity contribution is 5.69. The van der Waals surface area contributed by atoms with Crippen LogP contribution in [0.25, 0.3) is 11.1 Å². The van der Waals surface area contributed by atoms with Gasteiger partial charge in [-0.25, -0.2) is 0 Å². The molecule has 0 aromatic heterocycles. The third-order valence-electron chi connectivity index (χ3n) is 2.67. The first-order valence-corrected chi connectivity index (χ1v) is 5.53. The molecule has 0 heterocycles. The second kappa shape index (κ2) is 4.49. The topological polar surface area (TPSA) is 63.4 Å². The van der Waals surface area contributed by atoms with Gasteiger partial charge < -0.3 is 5.11 Å². The van der Waals surface area contributed by atoms with Gasteiger partial charge in [0.05, 0.1) is 11.0 Å². The van der Waals surface area contributed by atoms with Gasteiger partial charge in [-0.15, -0.1) is 0 Å². The van der Waals surface area contributed by atoms with Gasteiger partial charge in [-0.3, -0.25) is 10.1 Å². The molecule has 2 aromatic rings. The van der Waals surface area contributed by atoms with Crippen molar-refractivity contribution >= 4 is 5.69 Å². The lowest BCUT2D eigenvalue weighted by atomic mass is 10.00. The summed E-state index contributed by atoms with van der Waals surface area (Å²) in [5.74, 6) is -0.0987. The fraction of sp³-hybridized carbons (Fsp3) is 0.143. The molecule has 0 bridgehead atoms. The molecule has 0 amide bonds. The molecule has 0 saturated carbocycles. The van der Waals surface area contributed by atoms with Crippen LogP contribution in [0.5, 0.6) is 5.75 Å². The van der Waals surface area contributed by atoms with E-state index < -0.39 is 4.92 Å². The molecule has 0 aliphatic rings. The minimum atomic E-state index is -0.508. The van der Waals surface area contributed by atoms with Crippen molar-refractivity contribution in [2.75, 3.05) is 0 Å². The maximum Gasteiger partial charge on any atom is 0.273 e. The fourth-order valence-corrected chi connectivity index (χ4v) is 2.01. The van der Waals surface area contributed by atoms with Crippen molar-refractivity contribution in [3.05, 3.63) is 57.6 Å². The van der Waals surface area contributed by atoms with E-state index in [4.69, 9.17) is 0 Å². The molecular weight excluding hydrogens is 230 g/mol. The van der Waals surface area contributed by atoms with E-state index in [0.717, 1.165) is 22.8 Å². The molecule has 0 fully saturated rings. The van der Waals surface area contributed by atoms with Crippen molar-refractivity contribution < 1.29 is 10.0 Å². The van der Waals surface area contributed by atoms with Gasteiger partial charge in [0.2, 0.25) is 0 Å². The molecule has 4 nitrogen and oxygen atoms in total. The number of aromatic hydroxyl groups is 1. The largest absolute Gasteiger partial charge is 0.508 e. The lowest BCUT2D eigenvalue weighted by molar-refractivity contribution is -0.384. The number of hydrogen-bond acceptors (Lipinski definition) is 3. The van der Waals surface area contributed by atoms with Gasteiger partial charge in [0, 0.05) is 6.07 Å². The van der Waals surface area contributed by atoms with Crippen molar-refractivity contribution in [2.24, 2.45) is 0 Å². The lowest BCUT2D eigenvalue weighted by Gasteiger charge is -2.06. The first-order chi connectivity index (χ1) is 8.45. The Morgan fingerprint density at radius 2 is 1.50 bits per heavy atom. The number of non-ortho nitro benzene ring substituents is 1. The van der Waals surface area contributed by atoms with Crippen LogP contribution in [0.2, 0.25) is 0 Å². The summed E-state index contributed by atoms with van der Waals surface area (Å²) >= 11 is 0. The zero-order valence-corrected chi connectivity index (χ0v) is 10.2. The Morgan fingerprint density at radius 3 is 2.06 bits per heavy atom. The van der Waals surface area contributed by atoms with Crippen molar-refractivity contribution in [3.63, 3.8) is 0 Å². The highest BCUT2D eigenvalue weighted by atomic mass is 16.6. The van der Waals surface area contributed by atoms with Crippen LogP contribution in [0, 0.1) is 24.0 Å². The monoisotopic (exact) mass is 243 g/mol. The molecule has 1 N–H and O–H groups in total. The fourth-order valence-electron chi connectivity index (χ4n) is 2.01. The van der Waals surface area contributed by atoms with Crippen molar-refractivity contribution in [3.8, 4) is 16.9 Å². The number of phenolic OH excluding ortho intramolecular Hbond substituents is 1. The number of nitro benzene ring substituents is 1. The van der Waals surface area contributed by atoms with E-state index in [-0.39, 0.29) is 11.4 Å². The third-order valence-corrected chi connectivity index (χ3v) is 2.67. The third kappa shape index (κ3) is 2.48. The molecule has 0 aliphatic heterocycles. The van der Waals surface area contributed by atoms with E-state index in [9.17, 15) is 15.2 Å². The smallest absolute Gasteiger partial charge is 0.273 e. The summed E-state index contributed by atoms with van der Waals surface area (Å²) in [5, 5.41) is 20.3. The van der Waals surface area contributed by atoms with Gasteiger partial charge in [-0.1, -0.05) is 29.3 Å². The summed E-state index contributed by atoms with van der Waals surface area (Å²) in [5.41, 5.74) is 3.57. The van der Waals surface area contributed by atoms with Crippen molar-refractivity contribution in [1.29, 1.82) is 0 Å². The second-order valence-electron chi connectivity index (χ2n) is 4.37. The number of rotatable bonds is 2. The van der Waals surface area contributed by atoms with Gasteiger partial charge in [0.25, 0.3) is 5.69 Å². The van der Waals surface area contributed by atoms with Crippen LogP contribution < -0.4 is 0 Å². The predicted octanol–water partition coefficient (Wildman–Crippen LogP) is 3.58. The minimum absolute atomic E-state index is 0.0987. The Bertz CT molecular complexity index is 600. The molecule has 92 valence electrons. The lowest BCUT2D eigenvalue weighted by Crippen LogP contribution is -1.89. The molecule has 18 heavy (non-hydrogen) atoms. The maximum atomic E-state index is 10.8. The SMILES string of the molecule is Cc1cc(C)cc(-c2cc(O)cc([N+](=O)[O-])c2)c1. The molecule has 0 unspecified atom stereocenters. The summed E-state index contributed by atoms with van der Waals surface area (Å²) in [6.45, 7) is 3.93. The molecule has 0 saturated heterocycles. The molecular formula is C14H13NO3. The molecule has 4 heteroatoms. The number of aryl methyl sites for hydroxylation is 2. The summed E-state index contributed by atoms with van der Waals surface area (Å²) in [6, 6.07) is 10.0. The standard InChI is InChI=1S/C14H13NO3/c1-9-3-10(2)5-11(4-9)12-6-13(15(17)18)8-14(16)7-12/h3-8,16H,1-2H3. The number of hydrogen-bond donors (Lipinski definition) is 1. The van der Waals surface area contributed by atoms with Crippen LogP contribution in [0.15, 0.2) is 36.4 Å². The van der Waals surface area contributed by atoms with Gasteiger partial charge >= 0.3 is 0 Å². The Hall–Kier alpha value is -2.36. The molecule has 0 atom stereocenters. The van der Waals surface area contributed by atoms with Gasteiger partial charge in [-0.2, -0.15) is 0 Å². The number of benzene rings is 2. The molecule has 0 spiro atoms. The minimum Gasteiger partial charge on any atom is -0.508 e. The Balaban J connectivity index is 2.59. The summed E-state index contributed by atoms with van der Waals surface area (Å²) in [7, 11) is 0. The number of nitro groups is 1. The van der Waals surface area contributed by atoms with E-state index in [0.29, 0.717) is 5.56 Å². The van der Waals surface area contributed by atoms with Crippen LogP contribution in [-0.4, -0.2) is 10.0 Å². The molecule has 2 aromatic carbocycles. The quantitative estimate of drug-likeness (QED) is 0.647. The summed E-state index contributed by atoms with van der Waals surface area (Å²) < 4.78 is 0. The van der Waals surface area contributed by atoms with Crippen LogP contribution in [0.3, 0.4) is 0 Å². The Morgan fingerprint density at radius 1 is 0.944 bits per heavy atom. The first-order valence-electron chi connectivity index (χ1n) is 5.53. The van der Waals surface area contributed by atoms with Gasteiger partial charge in [-0.05, 0) is 31.0 Å². The van der Waals surface area contributed by atoms with Crippen LogP contribution in [-0.2, 0) is 0 Å². The molecule has 2 rings (SSSR count). The van der Waals surface area contributed by atoms with E-state index in [1.807, 2.05) is 32.0 Å². The van der Waals surface area contributed by atoms with Crippen molar-refractivity contribution in [1.82, 2.24) is 0 Å². The van der Waals surface area contributed by atoms with Crippen molar-refractivity contribution in [2.45, 2.75) is 13.8 Å². The van der Waals surface area contributed by atoms with Gasteiger partial charge in [0.15, 0.2) is 0 Å². The predicted molar refractivity (Wildman–Crippen MR) is 69.7 cm³/mol. The molecule has 0 radical (unpaired) electrons. The molecule has 0 aliphatic carbocycles. The Kier molecular flexibility index (Phi) is 3.02. The summed E-state index contributed by atoms with van der Waals surface area (Å²) in [4.78, 5) is 10.3. The number of phenols is 1. The summed E-state index contributed by atoms with van der Waals surface area (Å²) in [6.07, 6.45) is 0. The normalized spacial score (nSPS) is 10.3. The van der Waals surface area contributed by atoms with E-state index in [1.165, 1.54) is 12.1 Å². The zero-order valence-electron chi connectivity index (χ0n) is 10.2. The average Bonchev–Trinajstić information content (AvgIpc) is 2.26. The second-order valence-corrected chi connectivity index (χ2v) is 4.37. The van der Waals surface area contributed by atoms with Gasteiger partial charge in [0.1, 0.15) is 5.75 Å². The highest BCUT2D eigenvalue weighted by Crippen LogP contribution is 2.30.